The van der Waals surface area contributed by atoms with Crippen LogP contribution in [0.25, 0.3) is 0 Å². The zero-order valence-electron chi connectivity index (χ0n) is 11.9. The summed E-state index contributed by atoms with van der Waals surface area (Å²) in [5.41, 5.74) is 1.13. The van der Waals surface area contributed by atoms with E-state index in [2.05, 4.69) is 33.2 Å². The summed E-state index contributed by atoms with van der Waals surface area (Å²) in [6.45, 7) is 4.87. The van der Waals surface area contributed by atoms with Crippen molar-refractivity contribution in [1.82, 2.24) is 9.97 Å². The fraction of sp³-hybridized carbons (Fsp3) is 0.714. The Morgan fingerprint density at radius 3 is 2.63 bits per heavy atom. The van der Waals surface area contributed by atoms with Crippen LogP contribution >= 0.6 is 15.9 Å². The van der Waals surface area contributed by atoms with Gasteiger partial charge in [-0.2, -0.15) is 0 Å². The van der Waals surface area contributed by atoms with Crippen LogP contribution in [0.5, 0.6) is 0 Å². The Balaban J connectivity index is 2.35. The fourth-order valence-electron chi connectivity index (χ4n) is 2.17. The van der Waals surface area contributed by atoms with Gasteiger partial charge < -0.3 is 10.1 Å². The van der Waals surface area contributed by atoms with Crippen molar-refractivity contribution < 1.29 is 4.74 Å². The fourth-order valence-corrected chi connectivity index (χ4v) is 2.87. The molecule has 1 saturated carbocycles. The van der Waals surface area contributed by atoms with Gasteiger partial charge in [0, 0.05) is 19.6 Å². The van der Waals surface area contributed by atoms with Crippen molar-refractivity contribution in [3.05, 3.63) is 16.0 Å². The van der Waals surface area contributed by atoms with Crippen molar-refractivity contribution in [2.75, 3.05) is 19.0 Å². The van der Waals surface area contributed by atoms with Crippen LogP contribution in [-0.2, 0) is 4.74 Å². The number of nitrogens with one attached hydrogen (secondary N) is 1. The zero-order chi connectivity index (χ0) is 13.8. The SMILES string of the molecule is CCCC(OCC)c1nc(NC)c(Br)c(C2CC2)n1. The lowest BCUT2D eigenvalue weighted by atomic mass is 10.2. The van der Waals surface area contributed by atoms with Gasteiger partial charge in [0.15, 0.2) is 5.82 Å². The third kappa shape index (κ3) is 3.45. The number of anilines is 1. The van der Waals surface area contributed by atoms with Crippen molar-refractivity contribution in [1.29, 1.82) is 0 Å². The Morgan fingerprint density at radius 2 is 2.11 bits per heavy atom. The van der Waals surface area contributed by atoms with Gasteiger partial charge in [0.25, 0.3) is 0 Å². The minimum Gasteiger partial charge on any atom is -0.372 e. The van der Waals surface area contributed by atoms with Crippen LogP contribution in [0.4, 0.5) is 5.82 Å². The molecule has 5 heteroatoms. The van der Waals surface area contributed by atoms with Gasteiger partial charge in [0.1, 0.15) is 11.9 Å². The monoisotopic (exact) mass is 327 g/mol. The Hall–Kier alpha value is -0.680. The van der Waals surface area contributed by atoms with Crippen LogP contribution in [0.1, 0.15) is 63.1 Å². The largest absolute Gasteiger partial charge is 0.372 e. The first-order valence-corrected chi connectivity index (χ1v) is 7.87. The predicted molar refractivity (Wildman–Crippen MR) is 80.5 cm³/mol. The first-order chi connectivity index (χ1) is 9.21. The van der Waals surface area contributed by atoms with E-state index in [1.807, 2.05) is 14.0 Å². The highest BCUT2D eigenvalue weighted by Crippen LogP contribution is 2.44. The molecule has 1 atom stereocenters. The third-order valence-corrected chi connectivity index (χ3v) is 4.08. The Morgan fingerprint density at radius 1 is 1.37 bits per heavy atom. The summed E-state index contributed by atoms with van der Waals surface area (Å²) >= 11 is 3.61. The normalized spacial score (nSPS) is 16.4. The summed E-state index contributed by atoms with van der Waals surface area (Å²) < 4.78 is 6.80. The van der Waals surface area contributed by atoms with E-state index in [0.717, 1.165) is 34.7 Å². The number of hydrogen-bond donors (Lipinski definition) is 1. The molecule has 0 bridgehead atoms. The van der Waals surface area contributed by atoms with Crippen molar-refractivity contribution in [2.24, 2.45) is 0 Å². The molecule has 2 rings (SSSR count). The molecule has 0 amide bonds. The topological polar surface area (TPSA) is 47.0 Å². The summed E-state index contributed by atoms with van der Waals surface area (Å²) in [6.07, 6.45) is 4.49. The van der Waals surface area contributed by atoms with E-state index in [4.69, 9.17) is 9.72 Å². The molecule has 0 aliphatic heterocycles. The van der Waals surface area contributed by atoms with Gasteiger partial charge in [-0.15, -0.1) is 0 Å². The molecular weight excluding hydrogens is 306 g/mol. The van der Waals surface area contributed by atoms with E-state index in [1.54, 1.807) is 0 Å². The van der Waals surface area contributed by atoms with Crippen LogP contribution < -0.4 is 5.32 Å². The lowest BCUT2D eigenvalue weighted by molar-refractivity contribution is 0.0493. The second kappa shape index (κ2) is 6.66. The van der Waals surface area contributed by atoms with E-state index in [-0.39, 0.29) is 6.10 Å². The first-order valence-electron chi connectivity index (χ1n) is 7.07. The number of rotatable bonds is 7. The number of halogens is 1. The highest BCUT2D eigenvalue weighted by atomic mass is 79.9. The summed E-state index contributed by atoms with van der Waals surface area (Å²) in [5, 5.41) is 3.14. The number of hydrogen-bond acceptors (Lipinski definition) is 4. The van der Waals surface area contributed by atoms with Crippen LogP contribution in [-0.4, -0.2) is 23.6 Å². The van der Waals surface area contributed by atoms with E-state index in [1.165, 1.54) is 12.8 Å². The number of ether oxygens (including phenoxy) is 1. The van der Waals surface area contributed by atoms with E-state index in [0.29, 0.717) is 12.5 Å². The maximum Gasteiger partial charge on any atom is 0.159 e. The lowest BCUT2D eigenvalue weighted by Crippen LogP contribution is -2.12. The van der Waals surface area contributed by atoms with Crippen LogP contribution in [0.2, 0.25) is 0 Å². The van der Waals surface area contributed by atoms with Gasteiger partial charge in [-0.3, -0.25) is 0 Å². The summed E-state index contributed by atoms with van der Waals surface area (Å²) in [6, 6.07) is 0. The maximum atomic E-state index is 5.79. The molecule has 4 nitrogen and oxygen atoms in total. The minimum atomic E-state index is 0.00713. The third-order valence-electron chi connectivity index (χ3n) is 3.30. The van der Waals surface area contributed by atoms with E-state index in [9.17, 15) is 0 Å². The van der Waals surface area contributed by atoms with Crippen LogP contribution in [0.3, 0.4) is 0 Å². The average Bonchev–Trinajstić information content (AvgIpc) is 3.23. The molecule has 1 N–H and O–H groups in total. The molecule has 1 aliphatic carbocycles. The molecule has 0 radical (unpaired) electrons. The molecule has 0 aromatic carbocycles. The molecule has 1 unspecified atom stereocenters. The van der Waals surface area contributed by atoms with E-state index < -0.39 is 0 Å². The zero-order valence-corrected chi connectivity index (χ0v) is 13.5. The standard InChI is InChI=1S/C14H22BrN3O/c1-4-6-10(19-5-2)13-17-12(9-7-8-9)11(15)14(16-3)18-13/h9-10H,4-8H2,1-3H3,(H,16,17,18). The molecule has 0 spiro atoms. The molecule has 1 aliphatic rings. The lowest BCUT2D eigenvalue weighted by Gasteiger charge is -2.18. The van der Waals surface area contributed by atoms with Crippen molar-refractivity contribution in [2.45, 2.75) is 51.6 Å². The minimum absolute atomic E-state index is 0.00713. The molecule has 1 fully saturated rings. The average molecular weight is 328 g/mol. The molecular formula is C14H22BrN3O. The highest BCUT2D eigenvalue weighted by molar-refractivity contribution is 9.10. The van der Waals surface area contributed by atoms with E-state index >= 15 is 0 Å². The van der Waals surface area contributed by atoms with Gasteiger partial charge in [-0.05, 0) is 42.1 Å². The molecule has 1 heterocycles. The van der Waals surface area contributed by atoms with Crippen molar-refractivity contribution >= 4 is 21.7 Å². The Bertz CT molecular complexity index is 429. The Kier molecular flexibility index (Phi) is 5.16. The quantitative estimate of drug-likeness (QED) is 0.821. The summed E-state index contributed by atoms with van der Waals surface area (Å²) in [4.78, 5) is 9.36. The summed E-state index contributed by atoms with van der Waals surface area (Å²) in [7, 11) is 1.89. The van der Waals surface area contributed by atoms with Crippen molar-refractivity contribution in [3.63, 3.8) is 0 Å². The van der Waals surface area contributed by atoms with Gasteiger partial charge in [0.2, 0.25) is 0 Å². The van der Waals surface area contributed by atoms with Crippen LogP contribution in [0, 0.1) is 0 Å². The highest BCUT2D eigenvalue weighted by Gasteiger charge is 2.30. The molecule has 106 valence electrons. The Labute approximate surface area is 123 Å². The number of nitrogens with zero attached hydrogens (tertiary/aromatic N) is 2. The molecule has 1 aromatic heterocycles. The smallest absolute Gasteiger partial charge is 0.159 e. The maximum absolute atomic E-state index is 5.79. The van der Waals surface area contributed by atoms with Gasteiger partial charge in [0.05, 0.1) is 10.2 Å². The number of aromatic nitrogens is 2. The van der Waals surface area contributed by atoms with Gasteiger partial charge in [-0.1, -0.05) is 13.3 Å². The molecule has 0 saturated heterocycles. The predicted octanol–water partition coefficient (Wildman–Crippen LogP) is 4.04. The van der Waals surface area contributed by atoms with Crippen LogP contribution in [0.15, 0.2) is 4.47 Å². The second-order valence-corrected chi connectivity index (χ2v) is 5.68. The van der Waals surface area contributed by atoms with Gasteiger partial charge >= 0.3 is 0 Å². The van der Waals surface area contributed by atoms with Crippen molar-refractivity contribution in [3.8, 4) is 0 Å². The molecule has 1 aromatic rings. The van der Waals surface area contributed by atoms with Gasteiger partial charge in [-0.25, -0.2) is 9.97 Å². The molecule has 19 heavy (non-hydrogen) atoms. The first kappa shape index (κ1) is 14.7. The second-order valence-electron chi connectivity index (χ2n) is 4.89. The summed E-state index contributed by atoms with van der Waals surface area (Å²) in [5.74, 6) is 2.28.